The Morgan fingerprint density at radius 1 is 1.58 bits per heavy atom. The van der Waals surface area contributed by atoms with Crippen LogP contribution in [0.5, 0.6) is 0 Å². The molecule has 104 valence electrons. The van der Waals surface area contributed by atoms with Crippen LogP contribution < -0.4 is 5.32 Å². The number of fused-ring (bicyclic) bond motifs is 1. The van der Waals surface area contributed by atoms with Crippen LogP contribution >= 0.6 is 11.3 Å². The predicted molar refractivity (Wildman–Crippen MR) is 71.5 cm³/mol. The standard InChI is InChI=1S/C13H17NO4S/c1-7-2-3-8-9(6-19-11(8)4-7)12(16)14-5-10(15)13(17)18/h6-7,10,15H,2-5H2,1H3,(H,14,16)(H,17,18)/t7?,10-/m0/s1. The number of aliphatic hydroxyl groups is 1. The SMILES string of the molecule is CC1CCc2c(C(=O)NC[C@H](O)C(=O)O)csc2C1. The molecule has 0 bridgehead atoms. The summed E-state index contributed by atoms with van der Waals surface area (Å²) in [4.78, 5) is 23.7. The van der Waals surface area contributed by atoms with Gasteiger partial charge in [0.05, 0.1) is 12.1 Å². The number of carboxylic acid groups (broad SMARTS) is 1. The molecule has 2 atom stereocenters. The minimum Gasteiger partial charge on any atom is -0.479 e. The summed E-state index contributed by atoms with van der Waals surface area (Å²) in [5.41, 5.74) is 1.72. The monoisotopic (exact) mass is 283 g/mol. The lowest BCUT2D eigenvalue weighted by atomic mass is 9.88. The number of aliphatic carboxylic acids is 1. The van der Waals surface area contributed by atoms with Crippen LogP contribution in [-0.2, 0) is 17.6 Å². The fourth-order valence-corrected chi connectivity index (χ4v) is 3.48. The highest BCUT2D eigenvalue weighted by Gasteiger charge is 2.23. The molecule has 0 saturated carbocycles. The van der Waals surface area contributed by atoms with Crippen molar-refractivity contribution in [3.8, 4) is 0 Å². The van der Waals surface area contributed by atoms with E-state index in [1.807, 2.05) is 5.38 Å². The van der Waals surface area contributed by atoms with E-state index in [1.54, 1.807) is 11.3 Å². The number of carbonyl (C=O) groups excluding carboxylic acids is 1. The summed E-state index contributed by atoms with van der Waals surface area (Å²) in [6.45, 7) is 1.93. The molecular weight excluding hydrogens is 266 g/mol. The van der Waals surface area contributed by atoms with E-state index >= 15 is 0 Å². The molecule has 1 aromatic rings. The average molecular weight is 283 g/mol. The van der Waals surface area contributed by atoms with Gasteiger partial charge in [-0.3, -0.25) is 4.79 Å². The van der Waals surface area contributed by atoms with Crippen LogP contribution in [-0.4, -0.2) is 34.7 Å². The van der Waals surface area contributed by atoms with Crippen molar-refractivity contribution in [2.24, 2.45) is 5.92 Å². The van der Waals surface area contributed by atoms with Gasteiger partial charge in [0.15, 0.2) is 6.10 Å². The fourth-order valence-electron chi connectivity index (χ4n) is 2.24. The van der Waals surface area contributed by atoms with Crippen LogP contribution in [0.1, 0.15) is 34.1 Å². The molecule has 1 amide bonds. The number of hydrogen-bond donors (Lipinski definition) is 3. The van der Waals surface area contributed by atoms with Crippen LogP contribution in [0.25, 0.3) is 0 Å². The zero-order valence-electron chi connectivity index (χ0n) is 10.7. The van der Waals surface area contributed by atoms with Gasteiger partial charge in [-0.1, -0.05) is 6.92 Å². The maximum absolute atomic E-state index is 12.0. The zero-order valence-corrected chi connectivity index (χ0v) is 11.5. The molecule has 0 aromatic carbocycles. The van der Waals surface area contributed by atoms with E-state index in [1.165, 1.54) is 4.88 Å². The summed E-state index contributed by atoms with van der Waals surface area (Å²) in [6, 6.07) is 0. The Kier molecular flexibility index (Phi) is 4.21. The molecule has 1 heterocycles. The maximum atomic E-state index is 12.0. The molecule has 0 aliphatic heterocycles. The molecule has 0 spiro atoms. The number of aliphatic hydroxyl groups excluding tert-OH is 1. The molecule has 0 fully saturated rings. The Bertz CT molecular complexity index is 497. The largest absolute Gasteiger partial charge is 0.479 e. The molecule has 1 aromatic heterocycles. The zero-order chi connectivity index (χ0) is 14.0. The number of carbonyl (C=O) groups is 2. The van der Waals surface area contributed by atoms with Gasteiger partial charge in [-0.05, 0) is 30.7 Å². The van der Waals surface area contributed by atoms with Gasteiger partial charge in [0.25, 0.3) is 5.91 Å². The van der Waals surface area contributed by atoms with Gasteiger partial charge in [-0.15, -0.1) is 11.3 Å². The third kappa shape index (κ3) is 3.13. The van der Waals surface area contributed by atoms with Gasteiger partial charge < -0.3 is 15.5 Å². The summed E-state index contributed by atoms with van der Waals surface area (Å²) in [6.07, 6.45) is 1.41. The lowest BCUT2D eigenvalue weighted by Gasteiger charge is -2.18. The van der Waals surface area contributed by atoms with Gasteiger partial charge in [0.1, 0.15) is 0 Å². The minimum absolute atomic E-state index is 0.269. The number of thiophene rings is 1. The Balaban J connectivity index is 2.02. The highest BCUT2D eigenvalue weighted by Crippen LogP contribution is 2.32. The number of hydrogen-bond acceptors (Lipinski definition) is 4. The first-order valence-electron chi connectivity index (χ1n) is 6.27. The molecule has 1 aliphatic rings. The summed E-state index contributed by atoms with van der Waals surface area (Å²) in [5.74, 6) is -0.982. The topological polar surface area (TPSA) is 86.6 Å². The summed E-state index contributed by atoms with van der Waals surface area (Å²) in [5, 5.41) is 22.0. The second-order valence-electron chi connectivity index (χ2n) is 4.96. The van der Waals surface area contributed by atoms with E-state index in [0.29, 0.717) is 11.5 Å². The Morgan fingerprint density at radius 2 is 2.32 bits per heavy atom. The molecule has 6 heteroatoms. The van der Waals surface area contributed by atoms with Crippen molar-refractivity contribution < 1.29 is 19.8 Å². The van der Waals surface area contributed by atoms with Crippen LogP contribution in [0, 0.1) is 5.92 Å². The van der Waals surface area contributed by atoms with Gasteiger partial charge in [0.2, 0.25) is 0 Å². The first-order chi connectivity index (χ1) is 8.99. The summed E-state index contributed by atoms with van der Waals surface area (Å²) in [7, 11) is 0. The molecule has 1 aliphatic carbocycles. The van der Waals surface area contributed by atoms with E-state index < -0.39 is 12.1 Å². The number of amides is 1. The third-order valence-electron chi connectivity index (χ3n) is 3.39. The van der Waals surface area contributed by atoms with E-state index in [2.05, 4.69) is 12.2 Å². The van der Waals surface area contributed by atoms with Crippen molar-refractivity contribution in [1.82, 2.24) is 5.32 Å². The Morgan fingerprint density at radius 3 is 3.00 bits per heavy atom. The molecule has 5 nitrogen and oxygen atoms in total. The highest BCUT2D eigenvalue weighted by molar-refractivity contribution is 7.10. The number of nitrogens with one attached hydrogen (secondary N) is 1. The number of rotatable bonds is 4. The van der Waals surface area contributed by atoms with Crippen LogP contribution in [0.2, 0.25) is 0 Å². The van der Waals surface area contributed by atoms with Crippen molar-refractivity contribution in [2.45, 2.75) is 32.3 Å². The first-order valence-corrected chi connectivity index (χ1v) is 7.15. The Hall–Kier alpha value is -1.40. The molecule has 0 radical (unpaired) electrons. The normalized spacial score (nSPS) is 19.6. The lowest BCUT2D eigenvalue weighted by Crippen LogP contribution is -2.36. The van der Waals surface area contributed by atoms with Crippen molar-refractivity contribution in [3.05, 3.63) is 21.4 Å². The van der Waals surface area contributed by atoms with E-state index in [4.69, 9.17) is 10.2 Å². The molecular formula is C13H17NO4S. The van der Waals surface area contributed by atoms with E-state index in [0.717, 1.165) is 24.8 Å². The molecule has 3 N–H and O–H groups in total. The van der Waals surface area contributed by atoms with Crippen molar-refractivity contribution in [2.75, 3.05) is 6.54 Å². The smallest absolute Gasteiger partial charge is 0.334 e. The van der Waals surface area contributed by atoms with Gasteiger partial charge in [-0.2, -0.15) is 0 Å². The molecule has 2 rings (SSSR count). The second kappa shape index (κ2) is 5.71. The predicted octanol–water partition coefficient (Wildman–Crippen LogP) is 1.05. The first kappa shape index (κ1) is 14.0. The minimum atomic E-state index is -1.56. The lowest BCUT2D eigenvalue weighted by molar-refractivity contribution is -0.146. The van der Waals surface area contributed by atoms with Crippen LogP contribution in [0.3, 0.4) is 0 Å². The van der Waals surface area contributed by atoms with E-state index in [-0.39, 0.29) is 12.5 Å². The van der Waals surface area contributed by atoms with Crippen LogP contribution in [0.4, 0.5) is 0 Å². The van der Waals surface area contributed by atoms with Crippen LogP contribution in [0.15, 0.2) is 5.38 Å². The van der Waals surface area contributed by atoms with Crippen molar-refractivity contribution in [3.63, 3.8) is 0 Å². The fraction of sp³-hybridized carbons (Fsp3) is 0.538. The summed E-state index contributed by atoms with van der Waals surface area (Å²) < 4.78 is 0. The van der Waals surface area contributed by atoms with Crippen molar-refractivity contribution in [1.29, 1.82) is 0 Å². The number of carboxylic acids is 1. The third-order valence-corrected chi connectivity index (χ3v) is 4.44. The quantitative estimate of drug-likeness (QED) is 0.771. The van der Waals surface area contributed by atoms with Gasteiger partial charge in [0, 0.05) is 10.3 Å². The second-order valence-corrected chi connectivity index (χ2v) is 5.93. The van der Waals surface area contributed by atoms with Gasteiger partial charge in [-0.25, -0.2) is 4.79 Å². The van der Waals surface area contributed by atoms with E-state index in [9.17, 15) is 9.59 Å². The van der Waals surface area contributed by atoms with Gasteiger partial charge >= 0.3 is 5.97 Å². The average Bonchev–Trinajstić information content (AvgIpc) is 2.78. The molecule has 1 unspecified atom stereocenters. The Labute approximate surface area is 115 Å². The maximum Gasteiger partial charge on any atom is 0.334 e. The molecule has 0 saturated heterocycles. The summed E-state index contributed by atoms with van der Waals surface area (Å²) >= 11 is 1.58. The molecule has 19 heavy (non-hydrogen) atoms. The van der Waals surface area contributed by atoms with Crippen molar-refractivity contribution >= 4 is 23.2 Å². The highest BCUT2D eigenvalue weighted by atomic mass is 32.1.